The van der Waals surface area contributed by atoms with Gasteiger partial charge in [-0.3, -0.25) is 4.79 Å². The number of aryl methyl sites for hydroxylation is 1. The molecule has 0 spiro atoms. The number of methoxy groups -OCH3 is 1. The molecule has 0 atom stereocenters. The van der Waals surface area contributed by atoms with Gasteiger partial charge in [0.15, 0.2) is 0 Å². The first-order chi connectivity index (χ1) is 12.8. The van der Waals surface area contributed by atoms with E-state index < -0.39 is 10.0 Å². The van der Waals surface area contributed by atoms with E-state index in [9.17, 15) is 13.2 Å². The minimum atomic E-state index is -3.62. The van der Waals surface area contributed by atoms with Gasteiger partial charge in [-0.15, -0.1) is 0 Å². The molecule has 0 unspecified atom stereocenters. The highest BCUT2D eigenvalue weighted by atomic mass is 32.2. The molecule has 6 nitrogen and oxygen atoms in total. The van der Waals surface area contributed by atoms with Crippen LogP contribution in [0.2, 0.25) is 0 Å². The number of anilines is 1. The molecule has 0 aromatic heterocycles. The van der Waals surface area contributed by atoms with Crippen molar-refractivity contribution < 1.29 is 17.9 Å². The number of para-hydroxylation sites is 1. The second-order valence-electron chi connectivity index (χ2n) is 6.56. The Morgan fingerprint density at radius 2 is 1.78 bits per heavy atom. The molecule has 2 aromatic rings. The van der Waals surface area contributed by atoms with Crippen molar-refractivity contribution in [2.24, 2.45) is 0 Å². The highest BCUT2D eigenvalue weighted by Gasteiger charge is 2.16. The van der Waals surface area contributed by atoms with Crippen LogP contribution in [0.15, 0.2) is 47.4 Å². The van der Waals surface area contributed by atoms with Crippen molar-refractivity contribution in [3.63, 3.8) is 0 Å². The van der Waals surface area contributed by atoms with Crippen molar-refractivity contribution in [1.82, 2.24) is 4.72 Å². The van der Waals surface area contributed by atoms with Gasteiger partial charge >= 0.3 is 0 Å². The summed E-state index contributed by atoms with van der Waals surface area (Å²) in [5.41, 5.74) is 3.24. The first kappa shape index (κ1) is 21.1. The van der Waals surface area contributed by atoms with Gasteiger partial charge in [0.2, 0.25) is 10.0 Å². The zero-order valence-corrected chi connectivity index (χ0v) is 16.9. The molecule has 0 saturated heterocycles. The molecule has 0 bridgehead atoms. The third-order valence-corrected chi connectivity index (χ3v) is 5.67. The lowest BCUT2D eigenvalue weighted by Gasteiger charge is -2.16. The fourth-order valence-electron chi connectivity index (χ4n) is 2.67. The Bertz CT molecular complexity index is 891. The molecule has 0 fully saturated rings. The summed E-state index contributed by atoms with van der Waals surface area (Å²) in [4.78, 5) is 12.7. The van der Waals surface area contributed by atoms with Crippen molar-refractivity contribution in [2.75, 3.05) is 25.6 Å². The first-order valence-corrected chi connectivity index (χ1v) is 10.2. The predicted molar refractivity (Wildman–Crippen MR) is 107 cm³/mol. The number of sulfonamides is 1. The Kier molecular flexibility index (Phi) is 7.12. The van der Waals surface area contributed by atoms with Gasteiger partial charge in [-0.1, -0.05) is 32.0 Å². The van der Waals surface area contributed by atoms with E-state index in [1.54, 1.807) is 0 Å². The van der Waals surface area contributed by atoms with Gasteiger partial charge in [-0.2, -0.15) is 0 Å². The van der Waals surface area contributed by atoms with Gasteiger partial charge in [0.25, 0.3) is 5.91 Å². The van der Waals surface area contributed by atoms with Crippen molar-refractivity contribution in [3.05, 3.63) is 59.2 Å². The second-order valence-corrected chi connectivity index (χ2v) is 8.33. The smallest absolute Gasteiger partial charge is 0.255 e. The molecule has 146 valence electrons. The predicted octanol–water partition coefficient (Wildman–Crippen LogP) is 3.30. The molecule has 0 radical (unpaired) electrons. The molecule has 0 heterocycles. The molecule has 0 aliphatic rings. The van der Waals surface area contributed by atoms with E-state index in [0.29, 0.717) is 5.56 Å². The molecule has 2 rings (SSSR count). The summed E-state index contributed by atoms with van der Waals surface area (Å²) in [6.07, 6.45) is 0. The number of hydrogen-bond acceptors (Lipinski definition) is 4. The minimum Gasteiger partial charge on any atom is -0.383 e. The topological polar surface area (TPSA) is 84.5 Å². The number of benzene rings is 2. The summed E-state index contributed by atoms with van der Waals surface area (Å²) in [6.45, 7) is 6.56. The van der Waals surface area contributed by atoms with Crippen LogP contribution in [0, 0.1) is 6.92 Å². The van der Waals surface area contributed by atoms with Crippen LogP contribution in [0.4, 0.5) is 5.69 Å². The summed E-state index contributed by atoms with van der Waals surface area (Å²) >= 11 is 0. The summed E-state index contributed by atoms with van der Waals surface area (Å²) in [5, 5.41) is 2.96. The average Bonchev–Trinajstić information content (AvgIpc) is 2.63. The highest BCUT2D eigenvalue weighted by molar-refractivity contribution is 7.89. The second kappa shape index (κ2) is 9.12. The van der Waals surface area contributed by atoms with Gasteiger partial charge < -0.3 is 10.1 Å². The zero-order valence-electron chi connectivity index (χ0n) is 16.1. The normalized spacial score (nSPS) is 11.6. The van der Waals surface area contributed by atoms with Crippen molar-refractivity contribution in [1.29, 1.82) is 0 Å². The number of ether oxygens (including phenoxy) is 1. The van der Waals surface area contributed by atoms with Crippen molar-refractivity contribution in [3.8, 4) is 0 Å². The number of amides is 1. The summed E-state index contributed by atoms with van der Waals surface area (Å²) in [6, 6.07) is 11.8. The van der Waals surface area contributed by atoms with E-state index in [2.05, 4.69) is 23.9 Å². The van der Waals surface area contributed by atoms with E-state index in [1.165, 1.54) is 31.4 Å². The Morgan fingerprint density at radius 1 is 1.11 bits per heavy atom. The van der Waals surface area contributed by atoms with Crippen LogP contribution in [0.3, 0.4) is 0 Å². The number of nitrogens with one attached hydrogen (secondary N) is 2. The van der Waals surface area contributed by atoms with Gasteiger partial charge in [0, 0.05) is 24.9 Å². The quantitative estimate of drug-likeness (QED) is 0.678. The van der Waals surface area contributed by atoms with E-state index in [-0.39, 0.29) is 29.9 Å². The third-order valence-electron chi connectivity index (χ3n) is 4.19. The summed E-state index contributed by atoms with van der Waals surface area (Å²) in [5.74, 6) is -0.00613. The molecule has 7 heteroatoms. The van der Waals surface area contributed by atoms with Crippen LogP contribution in [-0.2, 0) is 14.8 Å². The van der Waals surface area contributed by atoms with Gasteiger partial charge in [0.05, 0.1) is 11.5 Å². The van der Waals surface area contributed by atoms with Gasteiger partial charge in [-0.25, -0.2) is 13.1 Å². The highest BCUT2D eigenvalue weighted by Crippen LogP contribution is 2.28. The van der Waals surface area contributed by atoms with E-state index >= 15 is 0 Å². The number of rotatable bonds is 8. The zero-order chi connectivity index (χ0) is 20.0. The largest absolute Gasteiger partial charge is 0.383 e. The Hall–Kier alpha value is -2.22. The van der Waals surface area contributed by atoms with E-state index in [4.69, 9.17) is 4.74 Å². The monoisotopic (exact) mass is 390 g/mol. The lowest BCUT2D eigenvalue weighted by atomic mass is 9.98. The number of carbonyl (C=O) groups is 1. The average molecular weight is 391 g/mol. The van der Waals surface area contributed by atoms with E-state index in [0.717, 1.165) is 16.8 Å². The first-order valence-electron chi connectivity index (χ1n) is 8.75. The number of carbonyl (C=O) groups excluding carboxylic acids is 1. The Morgan fingerprint density at radius 3 is 2.37 bits per heavy atom. The third kappa shape index (κ3) is 5.38. The molecule has 0 aliphatic carbocycles. The van der Waals surface area contributed by atoms with Crippen LogP contribution in [0.1, 0.15) is 41.3 Å². The molecule has 0 saturated carbocycles. The fourth-order valence-corrected chi connectivity index (χ4v) is 3.69. The molecule has 1 amide bonds. The maximum absolute atomic E-state index is 12.6. The Balaban J connectivity index is 2.18. The van der Waals surface area contributed by atoms with Gasteiger partial charge in [-0.05, 0) is 48.2 Å². The van der Waals surface area contributed by atoms with Crippen LogP contribution in [0.25, 0.3) is 0 Å². The van der Waals surface area contributed by atoms with Crippen molar-refractivity contribution in [2.45, 2.75) is 31.6 Å². The van der Waals surface area contributed by atoms with Crippen LogP contribution in [0.5, 0.6) is 0 Å². The molecule has 2 aromatic carbocycles. The molecule has 27 heavy (non-hydrogen) atoms. The summed E-state index contributed by atoms with van der Waals surface area (Å²) < 4.78 is 31.6. The SMILES string of the molecule is COCCNS(=O)(=O)c1ccc(C(=O)Nc2c(C)cccc2C(C)C)cc1. The lowest BCUT2D eigenvalue weighted by Crippen LogP contribution is -2.27. The maximum atomic E-state index is 12.6. The maximum Gasteiger partial charge on any atom is 0.255 e. The standard InChI is InChI=1S/C20H26N2O4S/c1-14(2)18-7-5-6-15(3)19(18)22-20(23)16-8-10-17(11-9-16)27(24,25)21-12-13-26-4/h5-11,14,21H,12-13H2,1-4H3,(H,22,23). The van der Waals surface area contributed by atoms with E-state index in [1.807, 2.05) is 25.1 Å². The van der Waals surface area contributed by atoms with Crippen LogP contribution in [-0.4, -0.2) is 34.6 Å². The van der Waals surface area contributed by atoms with Gasteiger partial charge in [0.1, 0.15) is 0 Å². The van der Waals surface area contributed by atoms with Crippen LogP contribution < -0.4 is 10.0 Å². The van der Waals surface area contributed by atoms with Crippen molar-refractivity contribution >= 4 is 21.6 Å². The minimum absolute atomic E-state index is 0.105. The molecular formula is C20H26N2O4S. The number of hydrogen-bond donors (Lipinski definition) is 2. The fraction of sp³-hybridized carbons (Fsp3) is 0.350. The molecule has 0 aliphatic heterocycles. The van der Waals surface area contributed by atoms with Crippen LogP contribution >= 0.6 is 0 Å². The molecule has 2 N–H and O–H groups in total. The Labute approximate surface area is 161 Å². The summed E-state index contributed by atoms with van der Waals surface area (Å²) in [7, 11) is -2.12. The lowest BCUT2D eigenvalue weighted by molar-refractivity contribution is 0.102. The molecular weight excluding hydrogens is 364 g/mol.